The lowest BCUT2D eigenvalue weighted by Crippen LogP contribution is -2.40. The average molecular weight is 814 g/mol. The maximum absolute atomic E-state index is 7.28. The standard InChI is InChI=1S/C48H40IN5/c1-29-45-32(30-22-23-42-37(26-30)33-14-6-8-20-41(33)53(42)31-12-4-3-5-13-31)16-10-17-35(45)36-18-11-19-39(46(36)47(50)40(49)28-52-29)48(2)25-24-44-38(27-48)34-15-7-9-21-43(34)54(44)51/h3-24,26-27,29,52H,25,28,50-51H2,1-2H3/b47-40-. The fraction of sp³-hybridized carbons (Fsp3) is 0.125. The van der Waals surface area contributed by atoms with Crippen molar-refractivity contribution in [2.24, 2.45) is 5.73 Å². The second kappa shape index (κ2) is 12.5. The minimum Gasteiger partial charge on any atom is -0.398 e. The van der Waals surface area contributed by atoms with Crippen LogP contribution in [0.15, 0.2) is 137 Å². The topological polar surface area (TPSA) is 73.9 Å². The predicted molar refractivity (Wildman–Crippen MR) is 235 cm³/mol. The molecule has 0 radical (unpaired) electrons. The van der Waals surface area contributed by atoms with Gasteiger partial charge in [0.2, 0.25) is 0 Å². The first-order valence-electron chi connectivity index (χ1n) is 18.6. The van der Waals surface area contributed by atoms with Gasteiger partial charge in [-0.3, -0.25) is 4.68 Å². The van der Waals surface area contributed by atoms with Crippen LogP contribution in [0.2, 0.25) is 0 Å². The second-order valence-corrected chi connectivity index (χ2v) is 16.3. The van der Waals surface area contributed by atoms with Gasteiger partial charge in [-0.05, 0) is 106 Å². The number of hydrogen-bond donors (Lipinski definition) is 3. The van der Waals surface area contributed by atoms with E-state index in [0.717, 1.165) is 43.4 Å². The van der Waals surface area contributed by atoms with E-state index in [2.05, 4.69) is 192 Å². The molecule has 0 saturated carbocycles. The smallest absolute Gasteiger partial charge is 0.0703 e. The van der Waals surface area contributed by atoms with E-state index >= 15 is 0 Å². The van der Waals surface area contributed by atoms with E-state index < -0.39 is 0 Å². The Bertz CT molecular complexity index is 2990. The van der Waals surface area contributed by atoms with Gasteiger partial charge in [0.15, 0.2) is 0 Å². The molecule has 264 valence electrons. The highest BCUT2D eigenvalue weighted by Crippen LogP contribution is 2.46. The van der Waals surface area contributed by atoms with Crippen LogP contribution in [0.1, 0.15) is 43.0 Å². The summed E-state index contributed by atoms with van der Waals surface area (Å²) in [7, 11) is 0. The zero-order valence-corrected chi connectivity index (χ0v) is 32.4. The van der Waals surface area contributed by atoms with Crippen LogP contribution in [-0.4, -0.2) is 15.8 Å². The number of nitrogen functional groups attached to an aromatic ring is 1. The van der Waals surface area contributed by atoms with Crippen LogP contribution in [0, 0.1) is 0 Å². The number of rotatable bonds is 3. The van der Waals surface area contributed by atoms with Gasteiger partial charge >= 0.3 is 0 Å². The maximum Gasteiger partial charge on any atom is 0.0703 e. The van der Waals surface area contributed by atoms with Crippen molar-refractivity contribution in [1.82, 2.24) is 14.6 Å². The van der Waals surface area contributed by atoms with Crippen LogP contribution in [0.3, 0.4) is 0 Å². The van der Waals surface area contributed by atoms with Gasteiger partial charge in [-0.15, -0.1) is 0 Å². The largest absolute Gasteiger partial charge is 0.398 e. The molecule has 0 spiro atoms. The molecule has 3 heterocycles. The maximum atomic E-state index is 7.28. The Kier molecular flexibility index (Phi) is 7.65. The minimum atomic E-state index is -0.313. The molecule has 6 aromatic carbocycles. The molecule has 2 aromatic heterocycles. The van der Waals surface area contributed by atoms with E-state index in [9.17, 15) is 0 Å². The average Bonchev–Trinajstić information content (AvgIpc) is 3.70. The summed E-state index contributed by atoms with van der Waals surface area (Å²) in [6.45, 7) is 5.30. The molecule has 0 fully saturated rings. The van der Waals surface area contributed by atoms with Gasteiger partial charge in [-0.25, -0.2) is 0 Å². The van der Waals surface area contributed by atoms with Gasteiger partial charge in [0.25, 0.3) is 0 Å². The molecule has 5 nitrogen and oxygen atoms in total. The third-order valence-electron chi connectivity index (χ3n) is 11.8. The van der Waals surface area contributed by atoms with Crippen LogP contribution in [0.25, 0.3) is 78.5 Å². The number of nitrogens with two attached hydrogens (primary N) is 2. The van der Waals surface area contributed by atoms with E-state index in [1.807, 2.05) is 4.68 Å². The van der Waals surface area contributed by atoms with Crippen LogP contribution in [-0.2, 0) is 5.41 Å². The Morgan fingerprint density at radius 1 is 0.722 bits per heavy atom. The summed E-state index contributed by atoms with van der Waals surface area (Å²) >= 11 is 2.45. The molecule has 54 heavy (non-hydrogen) atoms. The van der Waals surface area contributed by atoms with Gasteiger partial charge in [0.05, 0.1) is 27.6 Å². The van der Waals surface area contributed by atoms with Crippen LogP contribution in [0.4, 0.5) is 0 Å². The minimum absolute atomic E-state index is 0.0631. The summed E-state index contributed by atoms with van der Waals surface area (Å²) < 4.78 is 5.32. The van der Waals surface area contributed by atoms with E-state index in [4.69, 9.17) is 11.6 Å². The van der Waals surface area contributed by atoms with Crippen molar-refractivity contribution in [3.05, 3.63) is 164 Å². The molecule has 0 amide bonds. The Hall–Kier alpha value is -5.57. The monoisotopic (exact) mass is 813 g/mol. The lowest BCUT2D eigenvalue weighted by Gasteiger charge is -2.31. The molecule has 2 atom stereocenters. The molecule has 1 aliphatic heterocycles. The molecule has 2 aliphatic rings. The zero-order chi connectivity index (χ0) is 36.7. The Morgan fingerprint density at radius 2 is 1.41 bits per heavy atom. The molecule has 0 saturated heterocycles. The van der Waals surface area contributed by atoms with E-state index in [1.165, 1.54) is 60.2 Å². The third-order valence-corrected chi connectivity index (χ3v) is 12.8. The number of benzene rings is 6. The van der Waals surface area contributed by atoms with Gasteiger partial charge < -0.3 is 21.5 Å². The molecular weight excluding hydrogens is 773 g/mol. The first-order valence-corrected chi connectivity index (χ1v) is 19.7. The van der Waals surface area contributed by atoms with Crippen LogP contribution < -0.4 is 27.5 Å². The third kappa shape index (κ3) is 4.93. The van der Waals surface area contributed by atoms with Crippen molar-refractivity contribution in [2.45, 2.75) is 31.7 Å². The summed E-state index contributed by atoms with van der Waals surface area (Å²) in [5.74, 6) is 6.64. The van der Waals surface area contributed by atoms with Gasteiger partial charge in [-0.2, -0.15) is 0 Å². The predicted octanol–water partition coefficient (Wildman–Crippen LogP) is 9.44. The fourth-order valence-electron chi connectivity index (χ4n) is 9.18. The number of halogens is 1. The highest BCUT2D eigenvalue weighted by molar-refractivity contribution is 14.1. The first kappa shape index (κ1) is 33.0. The Morgan fingerprint density at radius 3 is 2.24 bits per heavy atom. The lowest BCUT2D eigenvalue weighted by molar-refractivity contribution is 0.619. The van der Waals surface area contributed by atoms with Crippen LogP contribution in [0.5, 0.6) is 0 Å². The molecule has 2 unspecified atom stereocenters. The number of nitrogens with one attached hydrogen (secondary N) is 1. The molecule has 6 heteroatoms. The summed E-state index contributed by atoms with van der Waals surface area (Å²) in [5.41, 5.74) is 20.8. The number of hydrogen-bond acceptors (Lipinski definition) is 3. The van der Waals surface area contributed by atoms with Crippen molar-refractivity contribution in [1.29, 1.82) is 0 Å². The van der Waals surface area contributed by atoms with Gasteiger partial charge in [0, 0.05) is 54.2 Å². The molecule has 1 aliphatic carbocycles. The molecule has 8 aromatic rings. The van der Waals surface area contributed by atoms with Crippen molar-refractivity contribution < 1.29 is 0 Å². The van der Waals surface area contributed by atoms with Crippen molar-refractivity contribution in [2.75, 3.05) is 12.4 Å². The Labute approximate surface area is 328 Å². The second-order valence-electron chi connectivity index (χ2n) is 15.0. The van der Waals surface area contributed by atoms with Crippen molar-refractivity contribution >= 4 is 73.1 Å². The summed E-state index contributed by atoms with van der Waals surface area (Å²) in [6.07, 6.45) is 5.54. The highest BCUT2D eigenvalue weighted by atomic mass is 127. The number of para-hydroxylation sites is 3. The number of nitrogens with zero attached hydrogens (tertiary/aromatic N) is 2. The summed E-state index contributed by atoms with van der Waals surface area (Å²) in [5, 5.41) is 9.77. The molecule has 0 bridgehead atoms. The number of aromatic nitrogens is 2. The summed E-state index contributed by atoms with van der Waals surface area (Å²) in [4.78, 5) is 0. The van der Waals surface area contributed by atoms with Crippen molar-refractivity contribution in [3.63, 3.8) is 0 Å². The highest BCUT2D eigenvalue weighted by Gasteiger charge is 2.33. The van der Waals surface area contributed by atoms with Crippen LogP contribution >= 0.6 is 22.6 Å². The normalized spacial score (nSPS) is 19.6. The Balaban J connectivity index is 1.20. The lowest BCUT2D eigenvalue weighted by atomic mass is 9.72. The van der Waals surface area contributed by atoms with E-state index in [1.54, 1.807) is 0 Å². The zero-order valence-electron chi connectivity index (χ0n) is 30.3. The SMILES string of the molecule is CC1NC/C(I)=C(/N)c2c(cccc2C2(C)C=c3c(n(N)c4ccccc34)=CC2)-c2cccc(-c3ccc4c(c3)c3ccccc3n4-c3ccccc3)c21. The fourth-order valence-corrected chi connectivity index (χ4v) is 9.67. The van der Waals surface area contributed by atoms with E-state index in [-0.39, 0.29) is 11.5 Å². The van der Waals surface area contributed by atoms with Crippen molar-refractivity contribution in [3.8, 4) is 27.9 Å². The number of fused-ring (bicyclic) bond motifs is 9. The van der Waals surface area contributed by atoms with Gasteiger partial charge in [0.1, 0.15) is 0 Å². The molecule has 10 rings (SSSR count). The molecular formula is C48H40IN5. The van der Waals surface area contributed by atoms with E-state index in [0.29, 0.717) is 6.54 Å². The van der Waals surface area contributed by atoms with Gasteiger partial charge in [-0.1, -0.05) is 116 Å². The first-order chi connectivity index (χ1) is 26.3. The quantitative estimate of drug-likeness (QED) is 0.123. The summed E-state index contributed by atoms with van der Waals surface area (Å²) in [6, 6.07) is 48.4. The molecule has 5 N–H and O–H groups in total.